The summed E-state index contributed by atoms with van der Waals surface area (Å²) in [6.07, 6.45) is -0.946. The molecule has 1 amide bonds. The van der Waals surface area contributed by atoms with Crippen LogP contribution in [0.1, 0.15) is 59.2 Å². The van der Waals surface area contributed by atoms with E-state index in [-0.39, 0.29) is 31.2 Å². The summed E-state index contributed by atoms with van der Waals surface area (Å²) in [5.41, 5.74) is 5.55. The highest BCUT2D eigenvalue weighted by Crippen LogP contribution is 2.31. The van der Waals surface area contributed by atoms with Gasteiger partial charge in [0.15, 0.2) is 0 Å². The number of fused-ring (bicyclic) bond motifs is 1. The van der Waals surface area contributed by atoms with Gasteiger partial charge in [-0.25, -0.2) is 9.37 Å². The molecule has 4 rings (SSSR count). The van der Waals surface area contributed by atoms with Crippen molar-refractivity contribution in [3.8, 4) is 11.3 Å². The molecular weight excluding hydrogens is 559 g/mol. The zero-order valence-corrected chi connectivity index (χ0v) is 23.9. The zero-order chi connectivity index (χ0) is 27.9. The van der Waals surface area contributed by atoms with Crippen LogP contribution in [0.2, 0.25) is 0 Å². The van der Waals surface area contributed by atoms with Gasteiger partial charge in [0.2, 0.25) is 6.36 Å². The van der Waals surface area contributed by atoms with Crippen LogP contribution >= 0.6 is 15.9 Å². The molecule has 0 saturated heterocycles. The van der Waals surface area contributed by atoms with Crippen LogP contribution < -0.4 is 5.32 Å². The lowest BCUT2D eigenvalue weighted by Gasteiger charge is -2.20. The highest BCUT2D eigenvalue weighted by molar-refractivity contribution is 9.10. The summed E-state index contributed by atoms with van der Waals surface area (Å²) in [5.74, 6) is -1.28. The standard InChI is InChI=1S/C32H32BrFN2O3/c1-4-9-28(34)39-29(37)17-24(23-13-8-10-20(2)16-23)19-35-32(38)30-21(3)31(22-11-6-5-7-12-22)36-27-15-14-25(33)18-26(27)30/h5-8,10-16,18,24,28H,4,9,17,19H2,1-3H3,(H,35,38). The lowest BCUT2D eigenvalue weighted by Crippen LogP contribution is -2.31. The maximum absolute atomic E-state index is 14.0. The predicted octanol–water partition coefficient (Wildman–Crippen LogP) is 7.82. The average molecular weight is 592 g/mol. The van der Waals surface area contributed by atoms with Gasteiger partial charge in [0.1, 0.15) is 0 Å². The molecule has 0 saturated carbocycles. The average Bonchev–Trinajstić information content (AvgIpc) is 2.91. The first kappa shape index (κ1) is 28.4. The van der Waals surface area contributed by atoms with Crippen molar-refractivity contribution >= 4 is 38.7 Å². The van der Waals surface area contributed by atoms with Gasteiger partial charge in [-0.1, -0.05) is 83.0 Å². The number of rotatable bonds is 10. The number of halogens is 2. The number of carbonyl (C=O) groups is 2. The van der Waals surface area contributed by atoms with Crippen molar-refractivity contribution in [2.24, 2.45) is 0 Å². The Morgan fingerprint density at radius 3 is 2.51 bits per heavy atom. The maximum Gasteiger partial charge on any atom is 0.309 e. The van der Waals surface area contributed by atoms with Crippen molar-refractivity contribution in [2.45, 2.75) is 52.3 Å². The van der Waals surface area contributed by atoms with Gasteiger partial charge in [0, 0.05) is 34.3 Å². The van der Waals surface area contributed by atoms with Gasteiger partial charge >= 0.3 is 5.97 Å². The van der Waals surface area contributed by atoms with E-state index in [2.05, 4.69) is 21.2 Å². The second-order valence-corrected chi connectivity index (χ2v) is 10.6. The van der Waals surface area contributed by atoms with Crippen molar-refractivity contribution in [3.05, 3.63) is 99.5 Å². The van der Waals surface area contributed by atoms with Crippen molar-refractivity contribution in [1.82, 2.24) is 10.3 Å². The largest absolute Gasteiger partial charge is 0.431 e. The number of pyridine rings is 1. The van der Waals surface area contributed by atoms with Crippen molar-refractivity contribution in [2.75, 3.05) is 6.54 Å². The molecule has 0 fully saturated rings. The lowest BCUT2D eigenvalue weighted by atomic mass is 9.93. The van der Waals surface area contributed by atoms with Crippen LogP contribution in [-0.4, -0.2) is 29.8 Å². The first-order valence-electron chi connectivity index (χ1n) is 13.1. The third-order valence-corrected chi connectivity index (χ3v) is 7.17. The number of alkyl halides is 1. The van der Waals surface area contributed by atoms with E-state index in [1.165, 1.54) is 0 Å². The van der Waals surface area contributed by atoms with E-state index in [0.29, 0.717) is 17.5 Å². The monoisotopic (exact) mass is 590 g/mol. The molecule has 5 nitrogen and oxygen atoms in total. The Balaban J connectivity index is 1.66. The first-order valence-corrected chi connectivity index (χ1v) is 13.9. The number of aryl methyl sites for hydroxylation is 1. The SMILES string of the molecule is CCCC(F)OC(=O)CC(CNC(=O)c1c(C)c(-c2ccccc2)nc2ccc(Br)cc12)c1cccc(C)c1. The van der Waals surface area contributed by atoms with Crippen LogP contribution in [0.4, 0.5) is 4.39 Å². The Labute approximate surface area is 236 Å². The van der Waals surface area contributed by atoms with Gasteiger partial charge in [0.05, 0.1) is 23.2 Å². The predicted molar refractivity (Wildman–Crippen MR) is 156 cm³/mol. The van der Waals surface area contributed by atoms with E-state index >= 15 is 0 Å². The summed E-state index contributed by atoms with van der Waals surface area (Å²) >= 11 is 3.52. The molecule has 7 heteroatoms. The summed E-state index contributed by atoms with van der Waals surface area (Å²) < 4.78 is 19.8. The fourth-order valence-electron chi connectivity index (χ4n) is 4.71. The van der Waals surface area contributed by atoms with Gasteiger partial charge in [0.25, 0.3) is 5.91 Å². The number of esters is 1. The molecule has 1 N–H and O–H groups in total. The Kier molecular flexibility index (Phi) is 9.46. The second-order valence-electron chi connectivity index (χ2n) is 9.70. The number of hydrogen-bond acceptors (Lipinski definition) is 4. The Hall–Kier alpha value is -3.58. The summed E-state index contributed by atoms with van der Waals surface area (Å²) in [6, 6.07) is 23.2. The van der Waals surface area contributed by atoms with E-state index in [1.54, 1.807) is 0 Å². The zero-order valence-electron chi connectivity index (χ0n) is 22.3. The van der Waals surface area contributed by atoms with E-state index in [9.17, 15) is 14.0 Å². The highest BCUT2D eigenvalue weighted by Gasteiger charge is 2.23. The smallest absolute Gasteiger partial charge is 0.309 e. The molecule has 39 heavy (non-hydrogen) atoms. The number of nitrogens with one attached hydrogen (secondary N) is 1. The Bertz CT molecular complexity index is 1480. The fourth-order valence-corrected chi connectivity index (χ4v) is 5.08. The third kappa shape index (κ3) is 7.09. The third-order valence-electron chi connectivity index (χ3n) is 6.68. The van der Waals surface area contributed by atoms with Gasteiger partial charge < -0.3 is 10.1 Å². The van der Waals surface area contributed by atoms with E-state index in [1.807, 2.05) is 93.6 Å². The van der Waals surface area contributed by atoms with Crippen LogP contribution in [0.25, 0.3) is 22.2 Å². The van der Waals surface area contributed by atoms with Crippen molar-refractivity contribution in [3.63, 3.8) is 0 Å². The number of nitrogens with zero attached hydrogens (tertiary/aromatic N) is 1. The van der Waals surface area contributed by atoms with Gasteiger partial charge in [-0.2, -0.15) is 0 Å². The molecule has 3 aromatic carbocycles. The minimum absolute atomic E-state index is 0.0508. The first-order chi connectivity index (χ1) is 18.8. The number of benzene rings is 3. The quantitative estimate of drug-likeness (QED) is 0.191. The van der Waals surface area contributed by atoms with Crippen molar-refractivity contribution < 1.29 is 18.7 Å². The molecule has 0 aliphatic carbocycles. The molecule has 202 valence electrons. The number of hydrogen-bond donors (Lipinski definition) is 1. The fraction of sp³-hybridized carbons (Fsp3) is 0.281. The molecular formula is C32H32BrFN2O3. The highest BCUT2D eigenvalue weighted by atomic mass is 79.9. The summed E-state index contributed by atoms with van der Waals surface area (Å²) in [4.78, 5) is 31.3. The summed E-state index contributed by atoms with van der Waals surface area (Å²) in [7, 11) is 0. The van der Waals surface area contributed by atoms with E-state index in [0.717, 1.165) is 37.8 Å². The normalized spacial score (nSPS) is 12.6. The molecule has 0 spiro atoms. The van der Waals surface area contributed by atoms with Gasteiger partial charge in [-0.3, -0.25) is 9.59 Å². The van der Waals surface area contributed by atoms with Crippen LogP contribution in [0.3, 0.4) is 0 Å². The topological polar surface area (TPSA) is 68.3 Å². The van der Waals surface area contributed by atoms with Crippen LogP contribution in [-0.2, 0) is 9.53 Å². The molecule has 1 aromatic heterocycles. The molecule has 0 aliphatic rings. The lowest BCUT2D eigenvalue weighted by molar-refractivity contribution is -0.158. The number of amides is 1. The Morgan fingerprint density at radius 1 is 1.03 bits per heavy atom. The number of carbonyl (C=O) groups excluding carboxylic acids is 2. The van der Waals surface area contributed by atoms with Crippen LogP contribution in [0.15, 0.2) is 77.3 Å². The molecule has 4 aromatic rings. The van der Waals surface area contributed by atoms with Crippen molar-refractivity contribution in [1.29, 1.82) is 0 Å². The van der Waals surface area contributed by atoms with E-state index in [4.69, 9.17) is 9.72 Å². The number of ether oxygens (including phenoxy) is 1. The molecule has 0 bridgehead atoms. The van der Waals surface area contributed by atoms with E-state index < -0.39 is 12.3 Å². The maximum atomic E-state index is 14.0. The molecule has 2 atom stereocenters. The minimum Gasteiger partial charge on any atom is -0.431 e. The van der Waals surface area contributed by atoms with Gasteiger partial charge in [-0.05, 0) is 49.6 Å². The van der Waals surface area contributed by atoms with Crippen LogP contribution in [0, 0.1) is 13.8 Å². The molecule has 2 unspecified atom stereocenters. The van der Waals surface area contributed by atoms with Gasteiger partial charge in [-0.15, -0.1) is 0 Å². The summed E-state index contributed by atoms with van der Waals surface area (Å²) in [6.45, 7) is 5.87. The molecule has 1 heterocycles. The Morgan fingerprint density at radius 2 is 1.79 bits per heavy atom. The second kappa shape index (κ2) is 13.0. The van der Waals surface area contributed by atoms with Crippen LogP contribution in [0.5, 0.6) is 0 Å². The summed E-state index contributed by atoms with van der Waals surface area (Å²) in [5, 5.41) is 3.78. The molecule has 0 aliphatic heterocycles. The minimum atomic E-state index is -1.63. The molecule has 0 radical (unpaired) electrons. The number of aromatic nitrogens is 1.